The Labute approximate surface area is 115 Å². The highest BCUT2D eigenvalue weighted by atomic mass is 35.5. The van der Waals surface area contributed by atoms with Crippen LogP contribution in [0.1, 0.15) is 12.2 Å². The number of rotatable bonds is 4. The van der Waals surface area contributed by atoms with E-state index >= 15 is 0 Å². The van der Waals surface area contributed by atoms with Crippen LogP contribution < -0.4 is 0 Å². The lowest BCUT2D eigenvalue weighted by Gasteiger charge is -2.06. The summed E-state index contributed by atoms with van der Waals surface area (Å²) in [6.45, 7) is 0.943. The van der Waals surface area contributed by atoms with Crippen molar-refractivity contribution in [1.82, 2.24) is 9.55 Å². The number of hydrogen-bond acceptors (Lipinski definition) is 3. The van der Waals surface area contributed by atoms with Crippen molar-refractivity contribution in [2.45, 2.75) is 19.6 Å². The fraction of sp³-hybridized carbons (Fsp3) is 0.333. The average molecular weight is 284 g/mol. The number of imidazole rings is 1. The van der Waals surface area contributed by atoms with Crippen LogP contribution in [0, 0.1) is 11.3 Å². The van der Waals surface area contributed by atoms with Crippen LogP contribution in [0.3, 0.4) is 0 Å². The molecule has 2 aromatic rings. The number of nitrogens with zero attached hydrogens (tertiary/aromatic N) is 3. The number of fused-ring (bicyclic) bond motifs is 1. The van der Waals surface area contributed by atoms with Crippen LogP contribution in [0.15, 0.2) is 12.1 Å². The zero-order chi connectivity index (χ0) is 13.1. The maximum absolute atomic E-state index is 8.69. The molecule has 94 valence electrons. The lowest BCUT2D eigenvalue weighted by atomic mass is 10.3. The molecule has 0 atom stereocenters. The molecule has 0 bridgehead atoms. The van der Waals surface area contributed by atoms with Crippen molar-refractivity contribution in [3.05, 3.63) is 28.0 Å². The third kappa shape index (κ3) is 2.44. The number of aryl methyl sites for hydroxylation is 1. The second kappa shape index (κ2) is 5.57. The number of benzene rings is 1. The summed E-state index contributed by atoms with van der Waals surface area (Å²) in [5.41, 5.74) is 1.63. The summed E-state index contributed by atoms with van der Waals surface area (Å²) in [5, 5.41) is 9.64. The van der Waals surface area contributed by atoms with Gasteiger partial charge in [0, 0.05) is 13.7 Å². The Balaban J connectivity index is 2.57. The molecule has 0 radical (unpaired) electrons. The fourth-order valence-corrected chi connectivity index (χ4v) is 2.14. The molecule has 0 saturated heterocycles. The summed E-state index contributed by atoms with van der Waals surface area (Å²) in [6.07, 6.45) is 0.405. The molecule has 0 spiro atoms. The van der Waals surface area contributed by atoms with Crippen LogP contribution in [-0.4, -0.2) is 16.7 Å². The first-order chi connectivity index (χ1) is 8.67. The zero-order valence-electron chi connectivity index (χ0n) is 9.78. The SMILES string of the molecule is COCc1nc2cc(Cl)c(Cl)cc2n1CCC#N. The molecule has 0 saturated carbocycles. The van der Waals surface area contributed by atoms with Crippen molar-refractivity contribution in [3.8, 4) is 6.07 Å². The summed E-state index contributed by atoms with van der Waals surface area (Å²) in [5.74, 6) is 0.765. The second-order valence-electron chi connectivity index (χ2n) is 3.78. The fourth-order valence-electron chi connectivity index (χ4n) is 1.82. The van der Waals surface area contributed by atoms with Crippen LogP contribution in [0.4, 0.5) is 0 Å². The first kappa shape index (κ1) is 13.2. The second-order valence-corrected chi connectivity index (χ2v) is 4.59. The highest BCUT2D eigenvalue weighted by molar-refractivity contribution is 6.42. The summed E-state index contributed by atoms with van der Waals surface area (Å²) >= 11 is 12.0. The maximum Gasteiger partial charge on any atom is 0.136 e. The van der Waals surface area contributed by atoms with Crippen molar-refractivity contribution in [1.29, 1.82) is 5.26 Å². The number of aromatic nitrogens is 2. The highest BCUT2D eigenvalue weighted by Gasteiger charge is 2.12. The normalized spacial score (nSPS) is 10.8. The molecule has 1 aromatic heterocycles. The van der Waals surface area contributed by atoms with Crippen molar-refractivity contribution in [3.63, 3.8) is 0 Å². The van der Waals surface area contributed by atoms with Gasteiger partial charge >= 0.3 is 0 Å². The van der Waals surface area contributed by atoms with E-state index in [2.05, 4.69) is 11.1 Å². The Morgan fingerprint density at radius 2 is 2.11 bits per heavy atom. The molecular formula is C12H11Cl2N3O. The predicted molar refractivity (Wildman–Crippen MR) is 70.7 cm³/mol. The summed E-state index contributed by atoms with van der Waals surface area (Å²) < 4.78 is 7.04. The molecule has 0 aliphatic carbocycles. The minimum absolute atomic E-state index is 0.384. The van der Waals surface area contributed by atoms with Gasteiger partial charge in [0.2, 0.25) is 0 Å². The topological polar surface area (TPSA) is 50.8 Å². The first-order valence-corrected chi connectivity index (χ1v) is 6.13. The van der Waals surface area contributed by atoms with E-state index in [0.717, 1.165) is 16.9 Å². The van der Waals surface area contributed by atoms with E-state index in [9.17, 15) is 0 Å². The van der Waals surface area contributed by atoms with Gasteiger partial charge in [0.1, 0.15) is 12.4 Å². The number of hydrogen-bond donors (Lipinski definition) is 0. The smallest absolute Gasteiger partial charge is 0.136 e. The van der Waals surface area contributed by atoms with Crippen molar-refractivity contribution in [2.24, 2.45) is 0 Å². The maximum atomic E-state index is 8.69. The monoisotopic (exact) mass is 283 g/mol. The molecule has 0 N–H and O–H groups in total. The lowest BCUT2D eigenvalue weighted by Crippen LogP contribution is -2.04. The molecule has 2 rings (SSSR count). The number of halogens is 2. The average Bonchev–Trinajstić information content (AvgIpc) is 2.65. The van der Waals surface area contributed by atoms with Gasteiger partial charge in [0.25, 0.3) is 0 Å². The molecule has 1 heterocycles. The van der Waals surface area contributed by atoms with E-state index in [1.54, 1.807) is 19.2 Å². The Hall–Kier alpha value is -1.28. The van der Waals surface area contributed by atoms with Gasteiger partial charge in [-0.25, -0.2) is 4.98 Å². The van der Waals surface area contributed by atoms with E-state index in [0.29, 0.717) is 29.6 Å². The van der Waals surface area contributed by atoms with E-state index in [4.69, 9.17) is 33.2 Å². The van der Waals surface area contributed by atoms with Crippen LogP contribution in [0.25, 0.3) is 11.0 Å². The zero-order valence-corrected chi connectivity index (χ0v) is 11.3. The largest absolute Gasteiger partial charge is 0.377 e. The number of ether oxygens (including phenoxy) is 1. The summed E-state index contributed by atoms with van der Waals surface area (Å²) in [7, 11) is 1.61. The minimum Gasteiger partial charge on any atom is -0.377 e. The quantitative estimate of drug-likeness (QED) is 0.864. The standard InChI is InChI=1S/C12H11Cl2N3O/c1-18-7-12-16-10-5-8(13)9(14)6-11(10)17(12)4-2-3-15/h5-6H,2,4,7H2,1H3. The van der Waals surface area contributed by atoms with Crippen molar-refractivity contribution >= 4 is 34.2 Å². The van der Waals surface area contributed by atoms with Crippen LogP contribution >= 0.6 is 23.2 Å². The molecule has 1 aromatic carbocycles. The van der Waals surface area contributed by atoms with Gasteiger partial charge in [-0.05, 0) is 12.1 Å². The Morgan fingerprint density at radius 1 is 1.39 bits per heavy atom. The molecule has 18 heavy (non-hydrogen) atoms. The Morgan fingerprint density at radius 3 is 2.78 bits per heavy atom. The van der Waals surface area contributed by atoms with Gasteiger partial charge in [0.05, 0.1) is 33.6 Å². The van der Waals surface area contributed by atoms with Gasteiger partial charge in [-0.2, -0.15) is 5.26 Å². The van der Waals surface area contributed by atoms with E-state index in [1.807, 2.05) is 4.57 Å². The third-order valence-electron chi connectivity index (χ3n) is 2.59. The van der Waals surface area contributed by atoms with Gasteiger partial charge in [-0.15, -0.1) is 0 Å². The molecular weight excluding hydrogens is 273 g/mol. The minimum atomic E-state index is 0.384. The van der Waals surface area contributed by atoms with Gasteiger partial charge in [0.15, 0.2) is 0 Å². The van der Waals surface area contributed by atoms with E-state index in [1.165, 1.54) is 0 Å². The number of nitriles is 1. The molecule has 0 amide bonds. The summed E-state index contributed by atoms with van der Waals surface area (Å²) in [4.78, 5) is 4.44. The molecule has 0 unspecified atom stereocenters. The van der Waals surface area contributed by atoms with Gasteiger partial charge in [-0.1, -0.05) is 23.2 Å². The Bertz CT molecular complexity index is 616. The van der Waals surface area contributed by atoms with Gasteiger partial charge in [-0.3, -0.25) is 0 Å². The lowest BCUT2D eigenvalue weighted by molar-refractivity contribution is 0.174. The Kier molecular flexibility index (Phi) is 4.07. The van der Waals surface area contributed by atoms with Crippen molar-refractivity contribution < 1.29 is 4.74 Å². The van der Waals surface area contributed by atoms with Crippen LogP contribution in [0.5, 0.6) is 0 Å². The summed E-state index contributed by atoms with van der Waals surface area (Å²) in [6, 6.07) is 5.61. The molecule has 0 aliphatic rings. The van der Waals surface area contributed by atoms with E-state index < -0.39 is 0 Å². The number of methoxy groups -OCH3 is 1. The third-order valence-corrected chi connectivity index (χ3v) is 3.31. The highest BCUT2D eigenvalue weighted by Crippen LogP contribution is 2.28. The van der Waals surface area contributed by atoms with Crippen molar-refractivity contribution in [2.75, 3.05) is 7.11 Å². The molecule has 4 nitrogen and oxygen atoms in total. The molecule has 0 fully saturated rings. The molecule has 0 aliphatic heterocycles. The first-order valence-electron chi connectivity index (χ1n) is 5.37. The van der Waals surface area contributed by atoms with Crippen LogP contribution in [0.2, 0.25) is 10.0 Å². The van der Waals surface area contributed by atoms with E-state index in [-0.39, 0.29) is 0 Å². The van der Waals surface area contributed by atoms with Gasteiger partial charge < -0.3 is 9.30 Å². The predicted octanol–water partition coefficient (Wildman–Crippen LogP) is 3.40. The van der Waals surface area contributed by atoms with Crippen LogP contribution in [-0.2, 0) is 17.9 Å². The molecule has 6 heteroatoms.